The molecule has 6 saturated carbocycles. The van der Waals surface area contributed by atoms with Crippen LogP contribution in [-0.2, 0) is 19.1 Å². The van der Waals surface area contributed by atoms with Crippen molar-refractivity contribution >= 4 is 11.9 Å². The topological polar surface area (TPSA) is 55.8 Å². The third-order valence-corrected chi connectivity index (χ3v) is 24.6. The van der Waals surface area contributed by atoms with Gasteiger partial charge in [-0.05, 0) is 222 Å². The van der Waals surface area contributed by atoms with Crippen LogP contribution in [0.3, 0.4) is 0 Å². The summed E-state index contributed by atoms with van der Waals surface area (Å²) < 4.78 is 12.5. The highest BCUT2D eigenvalue weighted by molar-refractivity contribution is 5.70. The number of carbonyl (C=O) groups excluding carboxylic acids is 2. The molecule has 0 aromatic carbocycles. The normalized spacial score (nSPS) is 36.2. The summed E-state index contributed by atoms with van der Waals surface area (Å²) in [7, 11) is 0. The average molecular weight is 1060 g/mol. The zero-order chi connectivity index (χ0) is 55.0. The molecule has 0 aliphatic heterocycles. The molecule has 0 bridgehead atoms. The summed E-state index contributed by atoms with van der Waals surface area (Å²) in [5.74, 6) is 9.15. The van der Waals surface area contributed by atoms with Crippen LogP contribution in [0.2, 0.25) is 0 Å². The van der Waals surface area contributed by atoms with Gasteiger partial charge in [-0.2, -0.15) is 0 Å². The van der Waals surface area contributed by atoms with Crippen molar-refractivity contribution in [2.75, 3.05) is 19.6 Å². The highest BCUT2D eigenvalue weighted by Crippen LogP contribution is 2.69. The molecule has 0 radical (unpaired) electrons. The van der Waals surface area contributed by atoms with E-state index >= 15 is 0 Å². The van der Waals surface area contributed by atoms with Crippen molar-refractivity contribution in [2.45, 2.75) is 300 Å². The standard InChI is InChI=1S/C72H121NO4/c1-12-13-46-73(47-20-16-14-18-28-67(74)76-57-38-42-69(8)55(49-57)30-32-59-63-36-34-61(53(6)26-22-24-51(2)3)71(63,10)44-40-65(59)69)48-21-17-15-19-29-68(75)77-58-39-43-70(9)56(50-58)31-33-60-64-37-35-62(54(7)27-23-25-52(4)5)72(64,11)45-41-66(60)70/h30-32,51-54,57-58,60-66H,12-29,33-50H2,1-11H3. The Balaban J connectivity index is 0.675. The number of carbonyl (C=O) groups is 2. The van der Waals surface area contributed by atoms with Crippen LogP contribution in [0, 0.1) is 86.8 Å². The minimum Gasteiger partial charge on any atom is -0.462 e. The van der Waals surface area contributed by atoms with Gasteiger partial charge in [-0.15, -0.1) is 0 Å². The van der Waals surface area contributed by atoms with E-state index in [9.17, 15) is 9.59 Å². The monoisotopic (exact) mass is 1060 g/mol. The van der Waals surface area contributed by atoms with Gasteiger partial charge in [0.25, 0.3) is 0 Å². The Morgan fingerprint density at radius 3 is 1.69 bits per heavy atom. The second-order valence-corrected chi connectivity index (χ2v) is 30.4. The molecule has 5 nitrogen and oxygen atoms in total. The lowest BCUT2D eigenvalue weighted by Gasteiger charge is -2.58. The van der Waals surface area contributed by atoms with Crippen molar-refractivity contribution in [3.8, 4) is 0 Å². The molecule has 0 aromatic rings. The third kappa shape index (κ3) is 14.3. The maximum absolute atomic E-state index is 13.2. The second kappa shape index (κ2) is 27.5. The summed E-state index contributed by atoms with van der Waals surface area (Å²) in [4.78, 5) is 29.1. The van der Waals surface area contributed by atoms with E-state index in [4.69, 9.17) is 9.47 Å². The molecule has 6 fully saturated rings. The maximum atomic E-state index is 13.2. The van der Waals surface area contributed by atoms with E-state index in [1.165, 1.54) is 148 Å². The molecular formula is C72H121NO4. The van der Waals surface area contributed by atoms with Crippen LogP contribution in [-0.4, -0.2) is 48.7 Å². The molecule has 0 spiro atoms. The lowest BCUT2D eigenvalue weighted by Crippen LogP contribution is -2.51. The first-order chi connectivity index (χ1) is 36.9. The zero-order valence-corrected chi connectivity index (χ0v) is 52.3. The Labute approximate surface area is 475 Å². The Kier molecular flexibility index (Phi) is 21.8. The summed E-state index contributed by atoms with van der Waals surface area (Å²) in [5.41, 5.74) is 6.50. The SMILES string of the molecule is CCCCN(CCCCCCC(=O)OC1CCC2(C)C(=CC=C3C2CCC2(C)C3CCC2C(C)CCCC(C)C)C1)CCCCCCC(=O)OC1CCC2(C)C(=CCC3C2CCC2(C)C(C(C)CCCC(C)C)CCC32)C1. The molecular weight excluding hydrogens is 943 g/mol. The van der Waals surface area contributed by atoms with Gasteiger partial charge in [0.1, 0.15) is 12.2 Å². The van der Waals surface area contributed by atoms with E-state index in [0.717, 1.165) is 130 Å². The molecule has 0 aromatic heterocycles. The smallest absolute Gasteiger partial charge is 0.306 e. The molecule has 0 saturated heterocycles. The number of ether oxygens (including phenoxy) is 2. The minimum atomic E-state index is 0.0228. The molecule has 0 amide bonds. The lowest BCUT2D eigenvalue weighted by atomic mass is 9.47. The molecule has 0 heterocycles. The van der Waals surface area contributed by atoms with Gasteiger partial charge >= 0.3 is 11.9 Å². The molecule has 5 heteroatoms. The highest BCUT2D eigenvalue weighted by Gasteiger charge is 2.60. The van der Waals surface area contributed by atoms with Crippen LogP contribution < -0.4 is 0 Å². The zero-order valence-electron chi connectivity index (χ0n) is 52.3. The second-order valence-electron chi connectivity index (χ2n) is 30.4. The van der Waals surface area contributed by atoms with E-state index in [0.29, 0.717) is 35.0 Å². The summed E-state index contributed by atoms with van der Waals surface area (Å²) in [6.07, 6.45) is 47.5. The van der Waals surface area contributed by atoms with E-state index < -0.39 is 0 Å². The molecule has 8 aliphatic rings. The van der Waals surface area contributed by atoms with E-state index in [-0.39, 0.29) is 29.6 Å². The fraction of sp³-hybridized carbons (Fsp3) is 0.889. The Morgan fingerprint density at radius 2 is 1.08 bits per heavy atom. The van der Waals surface area contributed by atoms with Crippen LogP contribution in [0.25, 0.3) is 0 Å². The number of hydrogen-bond acceptors (Lipinski definition) is 5. The van der Waals surface area contributed by atoms with E-state index in [1.54, 1.807) is 16.7 Å². The first-order valence-electron chi connectivity index (χ1n) is 34.1. The van der Waals surface area contributed by atoms with Gasteiger partial charge in [0.2, 0.25) is 0 Å². The molecule has 0 N–H and O–H groups in total. The van der Waals surface area contributed by atoms with Crippen molar-refractivity contribution in [1.82, 2.24) is 4.90 Å². The summed E-state index contributed by atoms with van der Waals surface area (Å²) >= 11 is 0. The first-order valence-corrected chi connectivity index (χ1v) is 34.1. The van der Waals surface area contributed by atoms with Crippen LogP contribution in [0.5, 0.6) is 0 Å². The Hall–Kier alpha value is -1.88. The number of hydrogen-bond donors (Lipinski definition) is 0. The van der Waals surface area contributed by atoms with Crippen molar-refractivity contribution in [3.05, 3.63) is 34.9 Å². The van der Waals surface area contributed by atoms with Crippen molar-refractivity contribution < 1.29 is 19.1 Å². The number of fused-ring (bicyclic) bond motifs is 10. The fourth-order valence-corrected chi connectivity index (χ4v) is 20.0. The minimum absolute atomic E-state index is 0.0228. The summed E-state index contributed by atoms with van der Waals surface area (Å²) in [6, 6.07) is 0. The molecule has 15 atom stereocenters. The van der Waals surface area contributed by atoms with Gasteiger partial charge in [-0.25, -0.2) is 0 Å². The van der Waals surface area contributed by atoms with Gasteiger partial charge < -0.3 is 14.4 Å². The number of unbranched alkanes of at least 4 members (excludes halogenated alkanes) is 7. The van der Waals surface area contributed by atoms with Gasteiger partial charge in [0, 0.05) is 25.7 Å². The van der Waals surface area contributed by atoms with Gasteiger partial charge in [-0.1, -0.05) is 182 Å². The predicted octanol–water partition coefficient (Wildman–Crippen LogP) is 19.8. The highest BCUT2D eigenvalue weighted by atomic mass is 16.5. The number of nitrogens with zero attached hydrogens (tertiary/aromatic N) is 1. The van der Waals surface area contributed by atoms with Crippen molar-refractivity contribution in [3.63, 3.8) is 0 Å². The Morgan fingerprint density at radius 1 is 0.532 bits per heavy atom. The summed E-state index contributed by atoms with van der Waals surface area (Å²) in [6.45, 7) is 31.0. The lowest BCUT2D eigenvalue weighted by molar-refractivity contribution is -0.152. The van der Waals surface area contributed by atoms with Gasteiger partial charge in [-0.3, -0.25) is 9.59 Å². The van der Waals surface area contributed by atoms with Crippen LogP contribution in [0.1, 0.15) is 288 Å². The largest absolute Gasteiger partial charge is 0.462 e. The third-order valence-electron chi connectivity index (χ3n) is 24.6. The van der Waals surface area contributed by atoms with Crippen molar-refractivity contribution in [1.29, 1.82) is 0 Å². The van der Waals surface area contributed by atoms with Crippen LogP contribution in [0.15, 0.2) is 34.9 Å². The number of rotatable bonds is 29. The Bertz CT molecular complexity index is 2000. The summed E-state index contributed by atoms with van der Waals surface area (Å²) in [5, 5.41) is 0. The van der Waals surface area contributed by atoms with Gasteiger partial charge in [0.05, 0.1) is 0 Å². The van der Waals surface area contributed by atoms with Gasteiger partial charge in [0.15, 0.2) is 0 Å². The van der Waals surface area contributed by atoms with E-state index in [1.807, 2.05) is 0 Å². The first kappa shape index (κ1) is 61.2. The van der Waals surface area contributed by atoms with Crippen LogP contribution in [0.4, 0.5) is 0 Å². The average Bonchev–Trinajstić information content (AvgIpc) is 4.07. The quantitative estimate of drug-likeness (QED) is 0.0424. The molecule has 77 heavy (non-hydrogen) atoms. The maximum Gasteiger partial charge on any atom is 0.306 e. The molecule has 438 valence electrons. The number of esters is 2. The molecule has 8 rings (SSSR count). The molecule has 8 aliphatic carbocycles. The van der Waals surface area contributed by atoms with Crippen LogP contribution >= 0.6 is 0 Å². The number of allylic oxidation sites excluding steroid dienone is 4. The molecule has 15 unspecified atom stereocenters. The predicted molar refractivity (Wildman–Crippen MR) is 323 cm³/mol. The van der Waals surface area contributed by atoms with Crippen molar-refractivity contribution in [2.24, 2.45) is 86.8 Å². The van der Waals surface area contributed by atoms with E-state index in [2.05, 4.69) is 99.3 Å². The fourth-order valence-electron chi connectivity index (χ4n) is 20.0.